The Hall–Kier alpha value is -3.62. The second kappa shape index (κ2) is 8.14. The van der Waals surface area contributed by atoms with Crippen LogP contribution in [0.25, 0.3) is 5.70 Å². The second-order valence-electron chi connectivity index (χ2n) is 7.19. The van der Waals surface area contributed by atoms with Crippen LogP contribution in [0.15, 0.2) is 95.9 Å². The van der Waals surface area contributed by atoms with Crippen LogP contribution in [0.4, 0.5) is 11.9 Å². The zero-order chi connectivity index (χ0) is 22.1. The monoisotopic (exact) mass is 463 g/mol. The maximum Gasteiger partial charge on any atom is 0.264 e. The van der Waals surface area contributed by atoms with Crippen LogP contribution in [0.2, 0.25) is 5.02 Å². The maximum absolute atomic E-state index is 12.8. The number of halogens is 1. The summed E-state index contributed by atoms with van der Waals surface area (Å²) in [4.78, 5) is 4.49. The molecule has 1 aliphatic heterocycles. The molecule has 5 rings (SSSR count). The molecule has 0 spiro atoms. The lowest BCUT2D eigenvalue weighted by Gasteiger charge is -2.24. The Morgan fingerprint density at radius 2 is 1.56 bits per heavy atom. The number of allylic oxidation sites excluding steroid dienone is 1. The number of hydrogen-bond donors (Lipinski definition) is 2. The van der Waals surface area contributed by atoms with Crippen LogP contribution in [-0.2, 0) is 10.0 Å². The molecule has 0 saturated carbocycles. The van der Waals surface area contributed by atoms with Crippen LogP contribution >= 0.6 is 11.6 Å². The Labute approximate surface area is 190 Å². The van der Waals surface area contributed by atoms with E-state index in [1.807, 2.05) is 66.7 Å². The van der Waals surface area contributed by atoms with E-state index in [0.29, 0.717) is 11.0 Å². The molecule has 7 nitrogen and oxygen atoms in total. The standard InChI is InChI=1S/C23H18ClN5O2S/c24-18-11-13-19(14-12-18)32(30,31)28-22-26-23-25-20(16-7-3-1-4-8-16)15-21(29(23)27-22)17-9-5-2-6-10-17/h1-15,21H,(H2,25,26,27,28)/t21-/m1/s1. The first kappa shape index (κ1) is 20.3. The second-order valence-corrected chi connectivity index (χ2v) is 9.31. The molecule has 3 aromatic carbocycles. The quantitative estimate of drug-likeness (QED) is 0.444. The molecule has 9 heteroatoms. The summed E-state index contributed by atoms with van der Waals surface area (Å²) >= 11 is 5.87. The van der Waals surface area contributed by atoms with Crippen molar-refractivity contribution in [3.05, 3.63) is 107 Å². The average Bonchev–Trinajstić information content (AvgIpc) is 3.21. The van der Waals surface area contributed by atoms with Gasteiger partial charge in [-0.3, -0.25) is 0 Å². The first-order valence-electron chi connectivity index (χ1n) is 9.84. The number of hydrogen-bond acceptors (Lipinski definition) is 5. The third-order valence-electron chi connectivity index (χ3n) is 5.04. The van der Waals surface area contributed by atoms with E-state index in [1.54, 1.807) is 4.68 Å². The molecule has 0 bridgehead atoms. The number of nitrogens with zero attached hydrogens (tertiary/aromatic N) is 3. The Kier molecular flexibility index (Phi) is 5.16. The Balaban J connectivity index is 1.53. The summed E-state index contributed by atoms with van der Waals surface area (Å²) in [5.41, 5.74) is 2.86. The molecule has 0 fully saturated rings. The van der Waals surface area contributed by atoms with Crippen LogP contribution in [0.1, 0.15) is 17.2 Å². The lowest BCUT2D eigenvalue weighted by atomic mass is 10.0. The van der Waals surface area contributed by atoms with Gasteiger partial charge in [-0.05, 0) is 41.5 Å². The Bertz CT molecular complexity index is 1390. The van der Waals surface area contributed by atoms with Crippen molar-refractivity contribution in [1.29, 1.82) is 0 Å². The molecule has 2 N–H and O–H groups in total. The van der Waals surface area contributed by atoms with Gasteiger partial charge in [0.15, 0.2) is 0 Å². The molecule has 32 heavy (non-hydrogen) atoms. The average molecular weight is 464 g/mol. The molecule has 4 aromatic rings. The van der Waals surface area contributed by atoms with E-state index in [-0.39, 0.29) is 16.9 Å². The summed E-state index contributed by atoms with van der Waals surface area (Å²) in [6.45, 7) is 0. The van der Waals surface area contributed by atoms with Crippen molar-refractivity contribution >= 4 is 39.2 Å². The molecule has 1 atom stereocenters. The minimum atomic E-state index is -3.87. The molecule has 0 aliphatic carbocycles. The predicted octanol–water partition coefficient (Wildman–Crippen LogP) is 4.79. The fraction of sp³-hybridized carbons (Fsp3) is 0.0435. The molecule has 0 radical (unpaired) electrons. The van der Waals surface area contributed by atoms with Gasteiger partial charge in [0.1, 0.15) is 6.04 Å². The van der Waals surface area contributed by atoms with E-state index in [4.69, 9.17) is 11.6 Å². The first-order valence-corrected chi connectivity index (χ1v) is 11.7. The minimum absolute atomic E-state index is 0.0221. The van der Waals surface area contributed by atoms with E-state index in [9.17, 15) is 8.42 Å². The van der Waals surface area contributed by atoms with Crippen LogP contribution < -0.4 is 10.0 Å². The minimum Gasteiger partial charge on any atom is -0.324 e. The number of rotatable bonds is 5. The van der Waals surface area contributed by atoms with E-state index in [2.05, 4.69) is 20.1 Å². The third kappa shape index (κ3) is 3.98. The first-order chi connectivity index (χ1) is 15.5. The van der Waals surface area contributed by atoms with E-state index in [0.717, 1.165) is 16.8 Å². The predicted molar refractivity (Wildman–Crippen MR) is 125 cm³/mol. The van der Waals surface area contributed by atoms with Crippen molar-refractivity contribution in [3.8, 4) is 0 Å². The third-order valence-corrected chi connectivity index (χ3v) is 6.64. The van der Waals surface area contributed by atoms with Gasteiger partial charge in [-0.25, -0.2) is 17.8 Å². The van der Waals surface area contributed by atoms with Crippen LogP contribution in [0.3, 0.4) is 0 Å². The summed E-state index contributed by atoms with van der Waals surface area (Å²) in [6, 6.07) is 25.3. The van der Waals surface area contributed by atoms with E-state index < -0.39 is 10.0 Å². The van der Waals surface area contributed by atoms with Crippen LogP contribution in [-0.4, -0.2) is 23.2 Å². The molecule has 160 valence electrons. The zero-order valence-electron chi connectivity index (χ0n) is 16.7. The fourth-order valence-electron chi connectivity index (χ4n) is 3.50. The summed E-state index contributed by atoms with van der Waals surface area (Å²) in [7, 11) is -3.87. The smallest absolute Gasteiger partial charge is 0.264 e. The Morgan fingerprint density at radius 1 is 0.906 bits per heavy atom. The van der Waals surface area contributed by atoms with Gasteiger partial charge in [0, 0.05) is 10.7 Å². The van der Waals surface area contributed by atoms with E-state index >= 15 is 0 Å². The number of fused-ring (bicyclic) bond motifs is 1. The molecule has 2 heterocycles. The van der Waals surface area contributed by atoms with Gasteiger partial charge >= 0.3 is 0 Å². The molecular formula is C23H18ClN5O2S. The SMILES string of the molecule is O=S(=O)(Nc1nc2n(n1)[C@@H](c1ccccc1)C=C(c1ccccc1)N2)c1ccc(Cl)cc1. The molecule has 0 unspecified atom stereocenters. The zero-order valence-corrected chi connectivity index (χ0v) is 18.3. The number of aromatic nitrogens is 3. The van der Waals surface area contributed by atoms with Gasteiger partial charge in [0.05, 0.1) is 4.90 Å². The molecule has 1 aliphatic rings. The topological polar surface area (TPSA) is 88.9 Å². The summed E-state index contributed by atoms with van der Waals surface area (Å²) in [5, 5.41) is 8.16. The van der Waals surface area contributed by atoms with Crippen molar-refractivity contribution in [2.24, 2.45) is 0 Å². The van der Waals surface area contributed by atoms with E-state index in [1.165, 1.54) is 24.3 Å². The highest BCUT2D eigenvalue weighted by Crippen LogP contribution is 2.33. The summed E-state index contributed by atoms with van der Waals surface area (Å²) < 4.78 is 29.7. The number of sulfonamides is 1. The number of benzene rings is 3. The largest absolute Gasteiger partial charge is 0.324 e. The molecule has 0 saturated heterocycles. The lowest BCUT2D eigenvalue weighted by molar-refractivity contribution is 0.598. The fourth-order valence-corrected chi connectivity index (χ4v) is 4.57. The van der Waals surface area contributed by atoms with Gasteiger partial charge in [0.2, 0.25) is 5.95 Å². The highest BCUT2D eigenvalue weighted by Gasteiger charge is 2.27. The number of nitrogens with one attached hydrogen (secondary N) is 2. The van der Waals surface area contributed by atoms with Crippen molar-refractivity contribution < 1.29 is 8.42 Å². The molecule has 1 aromatic heterocycles. The Morgan fingerprint density at radius 3 is 2.25 bits per heavy atom. The summed E-state index contributed by atoms with van der Waals surface area (Å²) in [6.07, 6.45) is 2.05. The van der Waals surface area contributed by atoms with Gasteiger partial charge in [-0.2, -0.15) is 4.98 Å². The molecule has 0 amide bonds. The van der Waals surface area contributed by atoms with Gasteiger partial charge < -0.3 is 5.32 Å². The summed E-state index contributed by atoms with van der Waals surface area (Å²) in [5.74, 6) is 0.417. The van der Waals surface area contributed by atoms with Crippen LogP contribution in [0, 0.1) is 0 Å². The highest BCUT2D eigenvalue weighted by molar-refractivity contribution is 7.92. The maximum atomic E-state index is 12.8. The van der Waals surface area contributed by atoms with Crippen molar-refractivity contribution in [3.63, 3.8) is 0 Å². The van der Waals surface area contributed by atoms with Crippen molar-refractivity contribution in [2.45, 2.75) is 10.9 Å². The van der Waals surface area contributed by atoms with Gasteiger partial charge in [-0.15, -0.1) is 5.10 Å². The van der Waals surface area contributed by atoms with Crippen molar-refractivity contribution in [1.82, 2.24) is 14.8 Å². The molecular weight excluding hydrogens is 446 g/mol. The van der Waals surface area contributed by atoms with Crippen molar-refractivity contribution in [2.75, 3.05) is 10.0 Å². The lowest BCUT2D eigenvalue weighted by Crippen LogP contribution is -2.20. The normalized spacial score (nSPS) is 15.4. The van der Waals surface area contributed by atoms with Gasteiger partial charge in [-0.1, -0.05) is 72.3 Å². The highest BCUT2D eigenvalue weighted by atomic mass is 35.5. The number of anilines is 2. The van der Waals surface area contributed by atoms with Crippen LogP contribution in [0.5, 0.6) is 0 Å². The van der Waals surface area contributed by atoms with Gasteiger partial charge in [0.25, 0.3) is 16.0 Å².